The van der Waals surface area contributed by atoms with Crippen molar-refractivity contribution in [2.75, 3.05) is 0 Å². The van der Waals surface area contributed by atoms with Crippen molar-refractivity contribution >= 4 is 33.3 Å². The molecule has 2 heterocycles. The second kappa shape index (κ2) is 4.28. The van der Waals surface area contributed by atoms with Crippen LogP contribution in [0.5, 0.6) is 0 Å². The SMILES string of the molecule is c1ccc2c(c1)CC(c1nc3c(ccc4ccccc43)o1)=N2. The van der Waals surface area contributed by atoms with Crippen molar-refractivity contribution < 1.29 is 4.42 Å². The molecule has 0 saturated carbocycles. The minimum atomic E-state index is 0.627. The maximum Gasteiger partial charge on any atom is 0.242 e. The van der Waals surface area contributed by atoms with E-state index >= 15 is 0 Å². The molecule has 0 N–H and O–H groups in total. The second-order valence-corrected chi connectivity index (χ2v) is 5.52. The molecule has 0 unspecified atom stereocenters. The lowest BCUT2D eigenvalue weighted by Crippen LogP contribution is -2.00. The third-order valence-electron chi connectivity index (χ3n) is 4.14. The molecule has 0 amide bonds. The first-order chi connectivity index (χ1) is 10.9. The van der Waals surface area contributed by atoms with E-state index in [1.54, 1.807) is 0 Å². The first kappa shape index (κ1) is 11.7. The topological polar surface area (TPSA) is 38.4 Å². The Kier molecular flexibility index (Phi) is 2.27. The van der Waals surface area contributed by atoms with Crippen LogP contribution < -0.4 is 0 Å². The average Bonchev–Trinajstić information content (AvgIpc) is 3.18. The monoisotopic (exact) mass is 284 g/mol. The molecule has 0 saturated heterocycles. The predicted molar refractivity (Wildman–Crippen MR) is 87.9 cm³/mol. The van der Waals surface area contributed by atoms with Gasteiger partial charge in [0, 0.05) is 11.8 Å². The average molecular weight is 284 g/mol. The number of aliphatic imine (C=N–C) groups is 1. The van der Waals surface area contributed by atoms with Gasteiger partial charge in [0.05, 0.1) is 5.69 Å². The lowest BCUT2D eigenvalue weighted by Gasteiger charge is -1.95. The van der Waals surface area contributed by atoms with E-state index < -0.39 is 0 Å². The molecule has 5 rings (SSSR count). The van der Waals surface area contributed by atoms with E-state index in [0.717, 1.165) is 34.3 Å². The fourth-order valence-corrected chi connectivity index (χ4v) is 3.04. The fraction of sp³-hybridized carbons (Fsp3) is 0.0526. The van der Waals surface area contributed by atoms with Crippen LogP contribution in [-0.4, -0.2) is 10.7 Å². The van der Waals surface area contributed by atoms with Gasteiger partial charge < -0.3 is 4.42 Å². The van der Waals surface area contributed by atoms with Gasteiger partial charge in [-0.15, -0.1) is 0 Å². The van der Waals surface area contributed by atoms with E-state index in [2.05, 4.69) is 29.3 Å². The summed E-state index contributed by atoms with van der Waals surface area (Å²) in [6.45, 7) is 0. The van der Waals surface area contributed by atoms with Crippen LogP contribution >= 0.6 is 0 Å². The van der Waals surface area contributed by atoms with Gasteiger partial charge in [-0.25, -0.2) is 9.98 Å². The van der Waals surface area contributed by atoms with Crippen LogP contribution in [0.1, 0.15) is 11.5 Å². The highest BCUT2D eigenvalue weighted by atomic mass is 16.3. The van der Waals surface area contributed by atoms with Crippen LogP contribution in [0.2, 0.25) is 0 Å². The fourth-order valence-electron chi connectivity index (χ4n) is 3.04. The van der Waals surface area contributed by atoms with Crippen molar-refractivity contribution in [2.24, 2.45) is 4.99 Å². The van der Waals surface area contributed by atoms with Crippen LogP contribution in [0, 0.1) is 0 Å². The molecule has 0 fully saturated rings. The van der Waals surface area contributed by atoms with Gasteiger partial charge in [-0.3, -0.25) is 0 Å². The minimum absolute atomic E-state index is 0.627. The van der Waals surface area contributed by atoms with E-state index in [9.17, 15) is 0 Å². The highest BCUT2D eigenvalue weighted by Gasteiger charge is 2.20. The van der Waals surface area contributed by atoms with E-state index in [0.29, 0.717) is 5.89 Å². The number of hydrogen-bond acceptors (Lipinski definition) is 3. The largest absolute Gasteiger partial charge is 0.435 e. The van der Waals surface area contributed by atoms with Gasteiger partial charge in [0.25, 0.3) is 0 Å². The van der Waals surface area contributed by atoms with Crippen molar-refractivity contribution in [1.82, 2.24) is 4.98 Å². The van der Waals surface area contributed by atoms with Crippen LogP contribution in [0.25, 0.3) is 21.9 Å². The summed E-state index contributed by atoms with van der Waals surface area (Å²) >= 11 is 0. The Hall–Kier alpha value is -2.94. The van der Waals surface area contributed by atoms with Crippen LogP contribution in [0.4, 0.5) is 5.69 Å². The number of rotatable bonds is 1. The molecular formula is C19H12N2O. The zero-order valence-corrected chi connectivity index (χ0v) is 11.8. The number of benzene rings is 3. The van der Waals surface area contributed by atoms with Gasteiger partial charge in [-0.1, -0.05) is 48.5 Å². The van der Waals surface area contributed by atoms with Gasteiger partial charge in [0.2, 0.25) is 5.89 Å². The highest BCUT2D eigenvalue weighted by Crippen LogP contribution is 2.31. The number of oxazole rings is 1. The van der Waals surface area contributed by atoms with E-state index in [1.165, 1.54) is 10.9 Å². The van der Waals surface area contributed by atoms with Crippen LogP contribution in [0.15, 0.2) is 70.1 Å². The van der Waals surface area contributed by atoms with E-state index in [-0.39, 0.29) is 0 Å². The molecule has 1 aliphatic heterocycles. The van der Waals surface area contributed by atoms with Crippen molar-refractivity contribution in [2.45, 2.75) is 6.42 Å². The summed E-state index contributed by atoms with van der Waals surface area (Å²) < 4.78 is 5.95. The molecule has 3 aromatic carbocycles. The number of hydrogen-bond donors (Lipinski definition) is 0. The predicted octanol–water partition coefficient (Wildman–Crippen LogP) is 4.66. The van der Waals surface area contributed by atoms with Gasteiger partial charge in [-0.05, 0) is 23.1 Å². The Morgan fingerprint density at radius 1 is 0.864 bits per heavy atom. The third-order valence-corrected chi connectivity index (χ3v) is 4.14. The summed E-state index contributed by atoms with van der Waals surface area (Å²) in [7, 11) is 0. The Morgan fingerprint density at radius 2 is 1.73 bits per heavy atom. The second-order valence-electron chi connectivity index (χ2n) is 5.52. The summed E-state index contributed by atoms with van der Waals surface area (Å²) in [5, 5.41) is 2.29. The molecule has 4 aromatic rings. The van der Waals surface area contributed by atoms with Gasteiger partial charge in [0.1, 0.15) is 11.2 Å². The Balaban J connectivity index is 1.70. The van der Waals surface area contributed by atoms with Crippen LogP contribution in [-0.2, 0) is 6.42 Å². The Labute approximate surface area is 126 Å². The summed E-state index contributed by atoms with van der Waals surface area (Å²) in [6.07, 6.45) is 0.779. The molecule has 1 aromatic heterocycles. The molecule has 0 spiro atoms. The van der Waals surface area contributed by atoms with Gasteiger partial charge in [0.15, 0.2) is 5.58 Å². The molecule has 0 atom stereocenters. The summed E-state index contributed by atoms with van der Waals surface area (Å²) in [6, 6.07) is 20.5. The van der Waals surface area contributed by atoms with Crippen molar-refractivity contribution in [3.8, 4) is 0 Å². The Morgan fingerprint density at radius 3 is 2.68 bits per heavy atom. The standard InChI is InChI=1S/C19H12N2O/c1-3-7-14-12(5-1)9-10-17-18(14)21-19(22-17)16-11-13-6-2-4-8-15(13)20-16/h1-10H,11H2. The normalized spacial score (nSPS) is 13.5. The van der Waals surface area contributed by atoms with Gasteiger partial charge in [-0.2, -0.15) is 0 Å². The number of aromatic nitrogens is 1. The summed E-state index contributed by atoms with van der Waals surface area (Å²) in [4.78, 5) is 9.37. The van der Waals surface area contributed by atoms with Crippen molar-refractivity contribution in [3.05, 3.63) is 72.1 Å². The first-order valence-electron chi connectivity index (χ1n) is 7.33. The molecule has 0 radical (unpaired) electrons. The minimum Gasteiger partial charge on any atom is -0.435 e. The highest BCUT2D eigenvalue weighted by molar-refractivity contribution is 6.08. The molecule has 1 aliphatic rings. The smallest absolute Gasteiger partial charge is 0.242 e. The van der Waals surface area contributed by atoms with Crippen LogP contribution in [0.3, 0.4) is 0 Å². The number of para-hydroxylation sites is 1. The lowest BCUT2D eigenvalue weighted by atomic mass is 10.1. The van der Waals surface area contributed by atoms with E-state index in [1.807, 2.05) is 36.4 Å². The van der Waals surface area contributed by atoms with Gasteiger partial charge >= 0.3 is 0 Å². The summed E-state index contributed by atoms with van der Waals surface area (Å²) in [5.41, 5.74) is 4.87. The molecule has 3 heteroatoms. The molecule has 0 bridgehead atoms. The quantitative estimate of drug-likeness (QED) is 0.510. The number of fused-ring (bicyclic) bond motifs is 4. The zero-order valence-electron chi connectivity index (χ0n) is 11.8. The first-order valence-corrected chi connectivity index (χ1v) is 7.33. The molecule has 104 valence electrons. The Bertz CT molecular complexity index is 1060. The molecule has 0 aliphatic carbocycles. The number of nitrogens with zero attached hydrogens (tertiary/aromatic N) is 2. The molecule has 22 heavy (non-hydrogen) atoms. The van der Waals surface area contributed by atoms with Crippen molar-refractivity contribution in [3.63, 3.8) is 0 Å². The van der Waals surface area contributed by atoms with E-state index in [4.69, 9.17) is 9.40 Å². The maximum absolute atomic E-state index is 5.95. The molecular weight excluding hydrogens is 272 g/mol. The maximum atomic E-state index is 5.95. The third kappa shape index (κ3) is 1.62. The summed E-state index contributed by atoms with van der Waals surface area (Å²) in [5.74, 6) is 0.627. The van der Waals surface area contributed by atoms with Crippen molar-refractivity contribution in [1.29, 1.82) is 0 Å². The lowest BCUT2D eigenvalue weighted by molar-refractivity contribution is 0.589. The molecule has 3 nitrogen and oxygen atoms in total. The zero-order chi connectivity index (χ0) is 14.5.